The highest BCUT2D eigenvalue weighted by atomic mass is 14.2. The molecule has 0 nitrogen and oxygen atoms in total. The Bertz CT molecular complexity index is 208. The van der Waals surface area contributed by atoms with E-state index in [4.69, 9.17) is 0 Å². The topological polar surface area (TPSA) is 0 Å². The molecule has 0 bridgehead atoms. The van der Waals surface area contributed by atoms with E-state index in [0.29, 0.717) is 0 Å². The zero-order valence-corrected chi connectivity index (χ0v) is 7.27. The van der Waals surface area contributed by atoms with Crippen molar-refractivity contribution in [3.8, 4) is 0 Å². The first-order valence-corrected chi connectivity index (χ1v) is 4.74. The second kappa shape index (κ2) is 2.84. The Morgan fingerprint density at radius 3 is 2.73 bits per heavy atom. The molecule has 2 aliphatic carbocycles. The highest BCUT2D eigenvalue weighted by Crippen LogP contribution is 2.35. The number of hydrogen-bond donors (Lipinski definition) is 0. The summed E-state index contributed by atoms with van der Waals surface area (Å²) in [7, 11) is 0. The van der Waals surface area contributed by atoms with Crippen LogP contribution in [-0.2, 0) is 0 Å². The molecule has 2 rings (SSSR count). The molecule has 0 N–H and O–H groups in total. The van der Waals surface area contributed by atoms with Crippen molar-refractivity contribution in [3.05, 3.63) is 23.3 Å². The van der Waals surface area contributed by atoms with E-state index in [1.54, 1.807) is 11.1 Å². The van der Waals surface area contributed by atoms with Crippen molar-refractivity contribution in [3.63, 3.8) is 0 Å². The minimum Gasteiger partial charge on any atom is -0.0807 e. The molecule has 1 saturated carbocycles. The zero-order chi connectivity index (χ0) is 7.68. The number of fused-ring (bicyclic) bond motifs is 1. The molecule has 1 unspecified atom stereocenters. The molecule has 60 valence electrons. The largest absolute Gasteiger partial charge is 0.0807 e. The van der Waals surface area contributed by atoms with Gasteiger partial charge in [-0.05, 0) is 49.2 Å². The Balaban J connectivity index is 2.16. The van der Waals surface area contributed by atoms with Crippen LogP contribution in [0.4, 0.5) is 0 Å². The maximum atomic E-state index is 2.45. The molecule has 0 radical (unpaired) electrons. The molecule has 0 saturated heterocycles. The fourth-order valence-corrected chi connectivity index (χ4v) is 2.13. The summed E-state index contributed by atoms with van der Waals surface area (Å²) < 4.78 is 0. The van der Waals surface area contributed by atoms with E-state index in [9.17, 15) is 0 Å². The maximum absolute atomic E-state index is 2.45. The smallest absolute Gasteiger partial charge is 0.0253 e. The molecule has 0 aromatic carbocycles. The van der Waals surface area contributed by atoms with Gasteiger partial charge in [0, 0.05) is 0 Å². The first kappa shape index (κ1) is 7.15. The van der Waals surface area contributed by atoms with Gasteiger partial charge in [-0.15, -0.1) is 0 Å². The summed E-state index contributed by atoms with van der Waals surface area (Å²) in [6.45, 7) is 2.37. The Hall–Kier alpha value is -0.520. The zero-order valence-electron chi connectivity index (χ0n) is 7.27. The summed E-state index contributed by atoms with van der Waals surface area (Å²) in [4.78, 5) is 0. The molecular formula is C11H16. The second-order valence-electron chi connectivity index (χ2n) is 3.88. The molecule has 0 heterocycles. The van der Waals surface area contributed by atoms with Crippen LogP contribution in [0.3, 0.4) is 0 Å². The van der Waals surface area contributed by atoms with Crippen molar-refractivity contribution in [2.24, 2.45) is 5.92 Å². The summed E-state index contributed by atoms with van der Waals surface area (Å²) in [5.41, 5.74) is 3.32. The van der Waals surface area contributed by atoms with Gasteiger partial charge in [0.25, 0.3) is 0 Å². The van der Waals surface area contributed by atoms with Gasteiger partial charge in [0.1, 0.15) is 0 Å². The van der Waals surface area contributed by atoms with Gasteiger partial charge in [0.15, 0.2) is 0 Å². The van der Waals surface area contributed by atoms with Crippen molar-refractivity contribution in [2.75, 3.05) is 0 Å². The van der Waals surface area contributed by atoms with Crippen LogP contribution in [0.25, 0.3) is 0 Å². The molecule has 0 spiro atoms. The molecular weight excluding hydrogens is 132 g/mol. The van der Waals surface area contributed by atoms with Crippen LogP contribution in [0, 0.1) is 5.92 Å². The molecule has 1 fully saturated rings. The quantitative estimate of drug-likeness (QED) is 0.493. The fourth-order valence-electron chi connectivity index (χ4n) is 2.13. The highest BCUT2D eigenvalue weighted by Gasteiger charge is 2.17. The summed E-state index contributed by atoms with van der Waals surface area (Å²) >= 11 is 0. The van der Waals surface area contributed by atoms with E-state index in [1.807, 2.05) is 0 Å². The fraction of sp³-hybridized carbons (Fsp3) is 0.636. The molecule has 2 aliphatic rings. The van der Waals surface area contributed by atoms with Gasteiger partial charge in [-0.3, -0.25) is 0 Å². The average Bonchev–Trinajstić information content (AvgIpc) is 2.04. The highest BCUT2D eigenvalue weighted by molar-refractivity contribution is 5.35. The van der Waals surface area contributed by atoms with Crippen molar-refractivity contribution < 1.29 is 0 Å². The van der Waals surface area contributed by atoms with Crippen LogP contribution in [0.1, 0.15) is 39.0 Å². The third-order valence-corrected chi connectivity index (χ3v) is 2.84. The lowest BCUT2D eigenvalue weighted by Gasteiger charge is -2.25. The monoisotopic (exact) mass is 148 g/mol. The third kappa shape index (κ3) is 1.40. The van der Waals surface area contributed by atoms with Gasteiger partial charge in [-0.1, -0.05) is 19.1 Å². The lowest BCUT2D eigenvalue weighted by atomic mass is 9.80. The molecule has 1 atom stereocenters. The Kier molecular flexibility index (Phi) is 1.85. The average molecular weight is 148 g/mol. The molecule has 0 heteroatoms. The minimum atomic E-state index is 0.927. The van der Waals surface area contributed by atoms with Crippen molar-refractivity contribution in [1.29, 1.82) is 0 Å². The predicted octanol–water partition coefficient (Wildman–Crippen LogP) is 3.45. The van der Waals surface area contributed by atoms with Crippen molar-refractivity contribution >= 4 is 0 Å². The van der Waals surface area contributed by atoms with Gasteiger partial charge in [0.2, 0.25) is 0 Å². The lowest BCUT2D eigenvalue weighted by Crippen LogP contribution is -2.09. The molecule has 11 heavy (non-hydrogen) atoms. The van der Waals surface area contributed by atoms with E-state index in [-0.39, 0.29) is 0 Å². The van der Waals surface area contributed by atoms with Crippen LogP contribution >= 0.6 is 0 Å². The number of rotatable bonds is 0. The normalized spacial score (nSPS) is 30.5. The lowest BCUT2D eigenvalue weighted by molar-refractivity contribution is 0.493. The van der Waals surface area contributed by atoms with Crippen LogP contribution in [0.5, 0.6) is 0 Å². The second-order valence-corrected chi connectivity index (χ2v) is 3.88. The van der Waals surface area contributed by atoms with Crippen LogP contribution in [0.2, 0.25) is 0 Å². The standard InChI is InChI=1S/C11H16/c1-9-6-7-10-4-2-3-5-11(10)8-9/h4-5,9H,2-3,6-8H2,1H3. The summed E-state index contributed by atoms with van der Waals surface area (Å²) in [6.07, 6.45) is 11.5. The number of hydrogen-bond acceptors (Lipinski definition) is 0. The third-order valence-electron chi connectivity index (χ3n) is 2.84. The van der Waals surface area contributed by atoms with Gasteiger partial charge in [-0.2, -0.15) is 0 Å². The Morgan fingerprint density at radius 1 is 1.18 bits per heavy atom. The first-order valence-electron chi connectivity index (χ1n) is 4.74. The molecule has 0 aliphatic heterocycles. The van der Waals surface area contributed by atoms with Gasteiger partial charge >= 0.3 is 0 Å². The Morgan fingerprint density at radius 2 is 1.91 bits per heavy atom. The SMILES string of the molecule is CC1CCC2=CCCC=C2C1. The Labute approximate surface area is 69.0 Å². The number of allylic oxidation sites excluding steroid dienone is 4. The van der Waals surface area contributed by atoms with E-state index >= 15 is 0 Å². The maximum Gasteiger partial charge on any atom is -0.0253 e. The summed E-state index contributed by atoms with van der Waals surface area (Å²) in [5, 5.41) is 0. The van der Waals surface area contributed by atoms with Crippen molar-refractivity contribution in [1.82, 2.24) is 0 Å². The van der Waals surface area contributed by atoms with Crippen molar-refractivity contribution in [2.45, 2.75) is 39.0 Å². The van der Waals surface area contributed by atoms with E-state index in [0.717, 1.165) is 5.92 Å². The van der Waals surface area contributed by atoms with E-state index in [1.165, 1.54) is 32.1 Å². The summed E-state index contributed by atoms with van der Waals surface area (Å²) in [5.74, 6) is 0.927. The van der Waals surface area contributed by atoms with Gasteiger partial charge < -0.3 is 0 Å². The molecule has 0 amide bonds. The van der Waals surface area contributed by atoms with E-state index in [2.05, 4.69) is 19.1 Å². The molecule has 0 aromatic heterocycles. The van der Waals surface area contributed by atoms with Gasteiger partial charge in [0.05, 0.1) is 0 Å². The van der Waals surface area contributed by atoms with Crippen LogP contribution < -0.4 is 0 Å². The first-order chi connectivity index (χ1) is 5.36. The minimum absolute atomic E-state index is 0.927. The van der Waals surface area contributed by atoms with Crippen LogP contribution in [-0.4, -0.2) is 0 Å². The summed E-state index contributed by atoms with van der Waals surface area (Å²) in [6, 6.07) is 0. The molecule has 0 aromatic rings. The van der Waals surface area contributed by atoms with Gasteiger partial charge in [-0.25, -0.2) is 0 Å². The predicted molar refractivity (Wildman–Crippen MR) is 48.4 cm³/mol. The van der Waals surface area contributed by atoms with Crippen LogP contribution in [0.15, 0.2) is 23.3 Å². The van der Waals surface area contributed by atoms with E-state index < -0.39 is 0 Å².